The van der Waals surface area contributed by atoms with Crippen molar-refractivity contribution in [2.24, 2.45) is 0 Å². The van der Waals surface area contributed by atoms with Crippen LogP contribution in [0.5, 0.6) is 5.75 Å². The van der Waals surface area contributed by atoms with Gasteiger partial charge in [0.2, 0.25) is 0 Å². The molecule has 0 atom stereocenters. The molecule has 0 radical (unpaired) electrons. The van der Waals surface area contributed by atoms with E-state index < -0.39 is 0 Å². The second-order valence-electron chi connectivity index (χ2n) is 4.34. The van der Waals surface area contributed by atoms with E-state index in [9.17, 15) is 4.39 Å². The van der Waals surface area contributed by atoms with Crippen molar-refractivity contribution in [3.8, 4) is 5.75 Å². The van der Waals surface area contributed by atoms with E-state index in [0.29, 0.717) is 17.1 Å². The second-order valence-corrected chi connectivity index (χ2v) is 4.34. The van der Waals surface area contributed by atoms with E-state index >= 15 is 0 Å². The van der Waals surface area contributed by atoms with Gasteiger partial charge in [0.1, 0.15) is 11.6 Å². The molecular formula is C12H18FN3O. The van der Waals surface area contributed by atoms with Crippen LogP contribution in [0.25, 0.3) is 0 Å². The van der Waals surface area contributed by atoms with Gasteiger partial charge < -0.3 is 20.3 Å². The number of hydrogen-bond acceptors (Lipinski definition) is 4. The first kappa shape index (κ1) is 12.0. The molecule has 5 heteroatoms. The summed E-state index contributed by atoms with van der Waals surface area (Å²) in [6.45, 7) is 3.51. The van der Waals surface area contributed by atoms with Crippen LogP contribution < -0.4 is 15.4 Å². The lowest BCUT2D eigenvalue weighted by molar-refractivity contribution is 0.311. The number of rotatable bonds is 2. The fraction of sp³-hybridized carbons (Fsp3) is 0.500. The Morgan fingerprint density at radius 2 is 1.88 bits per heavy atom. The van der Waals surface area contributed by atoms with Crippen molar-refractivity contribution in [3.63, 3.8) is 0 Å². The Bertz CT molecular complexity index is 403. The quantitative estimate of drug-likeness (QED) is 0.787. The first-order chi connectivity index (χ1) is 8.11. The summed E-state index contributed by atoms with van der Waals surface area (Å²) in [6.07, 6.45) is 0. The molecular weight excluding hydrogens is 221 g/mol. The summed E-state index contributed by atoms with van der Waals surface area (Å²) in [4.78, 5) is 4.24. The predicted molar refractivity (Wildman–Crippen MR) is 67.1 cm³/mol. The Morgan fingerprint density at radius 1 is 1.24 bits per heavy atom. The van der Waals surface area contributed by atoms with Crippen molar-refractivity contribution in [1.82, 2.24) is 4.90 Å². The Morgan fingerprint density at radius 3 is 2.47 bits per heavy atom. The number of methoxy groups -OCH3 is 1. The fourth-order valence-corrected chi connectivity index (χ4v) is 2.03. The highest BCUT2D eigenvalue weighted by atomic mass is 19.1. The van der Waals surface area contributed by atoms with Crippen LogP contribution in [0.15, 0.2) is 12.1 Å². The molecule has 1 aromatic rings. The zero-order valence-electron chi connectivity index (χ0n) is 10.2. The van der Waals surface area contributed by atoms with Crippen LogP contribution in [0.2, 0.25) is 0 Å². The molecule has 0 saturated carbocycles. The highest BCUT2D eigenvalue weighted by Gasteiger charge is 2.18. The van der Waals surface area contributed by atoms with Crippen LogP contribution in [-0.4, -0.2) is 45.2 Å². The summed E-state index contributed by atoms with van der Waals surface area (Å²) in [6, 6.07) is 3.00. The average Bonchev–Trinajstić information content (AvgIpc) is 2.33. The van der Waals surface area contributed by atoms with Gasteiger partial charge in [-0.25, -0.2) is 4.39 Å². The average molecular weight is 239 g/mol. The van der Waals surface area contributed by atoms with Crippen molar-refractivity contribution in [2.45, 2.75) is 0 Å². The molecule has 0 amide bonds. The van der Waals surface area contributed by atoms with Gasteiger partial charge >= 0.3 is 0 Å². The van der Waals surface area contributed by atoms with Crippen LogP contribution >= 0.6 is 0 Å². The van der Waals surface area contributed by atoms with Gasteiger partial charge in [-0.2, -0.15) is 0 Å². The minimum atomic E-state index is -0.277. The number of anilines is 2. The van der Waals surface area contributed by atoms with Gasteiger partial charge in [-0.15, -0.1) is 0 Å². The smallest absolute Gasteiger partial charge is 0.150 e. The number of nitrogens with two attached hydrogens (primary N) is 1. The normalized spacial score (nSPS) is 17.2. The molecule has 4 nitrogen and oxygen atoms in total. The summed E-state index contributed by atoms with van der Waals surface area (Å²) in [7, 11) is 3.55. The molecule has 1 fully saturated rings. The number of nitrogens with zero attached hydrogens (tertiary/aromatic N) is 2. The van der Waals surface area contributed by atoms with Crippen LogP contribution in [0.3, 0.4) is 0 Å². The first-order valence-electron chi connectivity index (χ1n) is 5.68. The lowest BCUT2D eigenvalue weighted by Gasteiger charge is -2.34. The number of ether oxygens (including phenoxy) is 1. The van der Waals surface area contributed by atoms with E-state index in [4.69, 9.17) is 10.5 Å². The molecule has 0 bridgehead atoms. The Kier molecular flexibility index (Phi) is 3.38. The highest BCUT2D eigenvalue weighted by molar-refractivity contribution is 5.64. The number of piperazine rings is 1. The lowest BCUT2D eigenvalue weighted by Crippen LogP contribution is -2.44. The molecule has 17 heavy (non-hydrogen) atoms. The molecule has 1 aliphatic rings. The van der Waals surface area contributed by atoms with Crippen molar-refractivity contribution in [3.05, 3.63) is 17.9 Å². The molecule has 1 saturated heterocycles. The maximum Gasteiger partial charge on any atom is 0.150 e. The van der Waals surface area contributed by atoms with E-state index in [0.717, 1.165) is 26.2 Å². The Hall–Kier alpha value is -1.49. The van der Waals surface area contributed by atoms with Gasteiger partial charge in [0.25, 0.3) is 0 Å². The zero-order valence-corrected chi connectivity index (χ0v) is 10.2. The molecule has 2 rings (SSSR count). The minimum Gasteiger partial charge on any atom is -0.494 e. The van der Waals surface area contributed by atoms with E-state index in [1.807, 2.05) is 4.90 Å². The monoisotopic (exact) mass is 239 g/mol. The molecule has 1 aromatic carbocycles. The summed E-state index contributed by atoms with van der Waals surface area (Å²) < 4.78 is 18.9. The molecule has 1 aliphatic heterocycles. The predicted octanol–water partition coefficient (Wildman–Crippen LogP) is 1.17. The number of halogens is 1. The largest absolute Gasteiger partial charge is 0.494 e. The summed E-state index contributed by atoms with van der Waals surface area (Å²) >= 11 is 0. The number of nitrogen functional groups attached to an aromatic ring is 1. The molecule has 0 spiro atoms. The zero-order chi connectivity index (χ0) is 12.4. The maximum atomic E-state index is 13.9. The number of hydrogen-bond donors (Lipinski definition) is 1. The Labute approximate surface area is 101 Å². The SMILES string of the molecule is COc1cc(F)c(N2CCN(C)CC2)cc1N. The van der Waals surface area contributed by atoms with E-state index in [1.54, 1.807) is 6.07 Å². The molecule has 1 heterocycles. The van der Waals surface area contributed by atoms with Gasteiger partial charge in [0, 0.05) is 32.2 Å². The van der Waals surface area contributed by atoms with Crippen LogP contribution in [-0.2, 0) is 0 Å². The van der Waals surface area contributed by atoms with Crippen molar-refractivity contribution < 1.29 is 9.13 Å². The van der Waals surface area contributed by atoms with Gasteiger partial charge in [-0.1, -0.05) is 0 Å². The highest BCUT2D eigenvalue weighted by Crippen LogP contribution is 2.30. The van der Waals surface area contributed by atoms with Crippen molar-refractivity contribution in [1.29, 1.82) is 0 Å². The summed E-state index contributed by atoms with van der Waals surface area (Å²) in [5, 5.41) is 0. The van der Waals surface area contributed by atoms with Gasteiger partial charge in [-0.05, 0) is 13.1 Å². The van der Waals surface area contributed by atoms with Crippen LogP contribution in [0.4, 0.5) is 15.8 Å². The topological polar surface area (TPSA) is 41.7 Å². The third-order valence-corrected chi connectivity index (χ3v) is 3.14. The summed E-state index contributed by atoms with van der Waals surface area (Å²) in [5.74, 6) is 0.112. The molecule has 0 unspecified atom stereocenters. The van der Waals surface area contributed by atoms with Crippen molar-refractivity contribution in [2.75, 3.05) is 51.0 Å². The number of benzene rings is 1. The van der Waals surface area contributed by atoms with Gasteiger partial charge in [0.15, 0.2) is 0 Å². The number of likely N-dealkylation sites (N-methyl/N-ethyl adjacent to an activating group) is 1. The second kappa shape index (κ2) is 4.79. The Balaban J connectivity index is 2.23. The molecule has 0 aromatic heterocycles. The molecule has 2 N–H and O–H groups in total. The van der Waals surface area contributed by atoms with Crippen LogP contribution in [0, 0.1) is 5.82 Å². The molecule has 0 aliphatic carbocycles. The fourth-order valence-electron chi connectivity index (χ4n) is 2.03. The van der Waals surface area contributed by atoms with Crippen molar-refractivity contribution >= 4 is 11.4 Å². The standard InChI is InChI=1S/C12H18FN3O/c1-15-3-5-16(6-4-15)11-8-10(14)12(17-2)7-9(11)13/h7-8H,3-6,14H2,1-2H3. The molecule has 94 valence electrons. The third kappa shape index (κ3) is 2.44. The van der Waals surface area contributed by atoms with E-state index in [-0.39, 0.29) is 5.82 Å². The van der Waals surface area contributed by atoms with E-state index in [2.05, 4.69) is 11.9 Å². The first-order valence-corrected chi connectivity index (χ1v) is 5.68. The van der Waals surface area contributed by atoms with Gasteiger partial charge in [0.05, 0.1) is 18.5 Å². The third-order valence-electron chi connectivity index (χ3n) is 3.14. The lowest BCUT2D eigenvalue weighted by atomic mass is 10.2. The van der Waals surface area contributed by atoms with Gasteiger partial charge in [-0.3, -0.25) is 0 Å². The summed E-state index contributed by atoms with van der Waals surface area (Å²) in [5.41, 5.74) is 6.85. The minimum absolute atomic E-state index is 0.277. The van der Waals surface area contributed by atoms with E-state index in [1.165, 1.54) is 13.2 Å². The van der Waals surface area contributed by atoms with Crippen LogP contribution in [0.1, 0.15) is 0 Å². The maximum absolute atomic E-state index is 13.9.